The highest BCUT2D eigenvalue weighted by Crippen LogP contribution is 2.38. The molecule has 1 aliphatic carbocycles. The molecule has 5 heteroatoms. The smallest absolute Gasteiger partial charge is 0.416 e. The molecule has 0 spiro atoms. The highest BCUT2D eigenvalue weighted by molar-refractivity contribution is 5.70. The van der Waals surface area contributed by atoms with Crippen LogP contribution >= 0.6 is 0 Å². The number of benzene rings is 1. The van der Waals surface area contributed by atoms with Crippen molar-refractivity contribution in [2.45, 2.75) is 37.8 Å². The molecule has 2 nitrogen and oxygen atoms in total. The first kappa shape index (κ1) is 13.9. The molecule has 2 atom stereocenters. The molecular formula is C14H15F3O2. The van der Waals surface area contributed by atoms with E-state index >= 15 is 0 Å². The first-order valence-electron chi connectivity index (χ1n) is 6.28. The number of halogens is 3. The summed E-state index contributed by atoms with van der Waals surface area (Å²) in [4.78, 5) is 11.0. The third-order valence-corrected chi connectivity index (χ3v) is 3.71. The lowest BCUT2D eigenvalue weighted by Gasteiger charge is -2.27. The van der Waals surface area contributed by atoms with E-state index in [1.54, 1.807) is 6.07 Å². The van der Waals surface area contributed by atoms with E-state index in [1.807, 2.05) is 0 Å². The van der Waals surface area contributed by atoms with Gasteiger partial charge in [-0.05, 0) is 36.8 Å². The van der Waals surface area contributed by atoms with Crippen molar-refractivity contribution in [2.75, 3.05) is 0 Å². The van der Waals surface area contributed by atoms with Crippen LogP contribution in [0.4, 0.5) is 13.2 Å². The van der Waals surface area contributed by atoms with Crippen LogP contribution in [-0.4, -0.2) is 11.1 Å². The maximum Gasteiger partial charge on any atom is 0.416 e. The summed E-state index contributed by atoms with van der Waals surface area (Å²) in [7, 11) is 0. The van der Waals surface area contributed by atoms with Crippen molar-refractivity contribution in [3.63, 3.8) is 0 Å². The van der Waals surface area contributed by atoms with Gasteiger partial charge < -0.3 is 5.11 Å². The molecule has 1 fully saturated rings. The van der Waals surface area contributed by atoms with Crippen LogP contribution < -0.4 is 0 Å². The zero-order valence-corrected chi connectivity index (χ0v) is 10.3. The molecule has 0 heterocycles. The number of rotatable bonds is 2. The highest BCUT2D eigenvalue weighted by atomic mass is 19.4. The first-order chi connectivity index (χ1) is 8.88. The SMILES string of the molecule is O=C(O)C1CCCC(c2cccc(C(F)(F)F)c2)C1. The van der Waals surface area contributed by atoms with Crippen LogP contribution in [0.1, 0.15) is 42.7 Å². The van der Waals surface area contributed by atoms with E-state index in [4.69, 9.17) is 5.11 Å². The van der Waals surface area contributed by atoms with Gasteiger partial charge in [0, 0.05) is 0 Å². The van der Waals surface area contributed by atoms with Crippen LogP contribution in [0.25, 0.3) is 0 Å². The van der Waals surface area contributed by atoms with Crippen LogP contribution in [0.2, 0.25) is 0 Å². The molecular weight excluding hydrogens is 257 g/mol. The van der Waals surface area contributed by atoms with E-state index < -0.39 is 23.6 Å². The fraction of sp³-hybridized carbons (Fsp3) is 0.500. The van der Waals surface area contributed by atoms with Crippen molar-refractivity contribution in [1.29, 1.82) is 0 Å². The third-order valence-electron chi connectivity index (χ3n) is 3.71. The maximum absolute atomic E-state index is 12.6. The molecule has 0 aliphatic heterocycles. The molecule has 19 heavy (non-hydrogen) atoms. The van der Waals surface area contributed by atoms with Crippen molar-refractivity contribution >= 4 is 5.97 Å². The standard InChI is InChI=1S/C14H15F3O2/c15-14(16,17)12-6-2-4-10(8-12)9-3-1-5-11(7-9)13(18)19/h2,4,6,8-9,11H,1,3,5,7H2,(H,18,19). The Morgan fingerprint density at radius 2 is 2.00 bits per heavy atom. The zero-order chi connectivity index (χ0) is 14.0. The predicted molar refractivity (Wildman–Crippen MR) is 63.8 cm³/mol. The van der Waals surface area contributed by atoms with Gasteiger partial charge in [0.05, 0.1) is 11.5 Å². The second kappa shape index (κ2) is 5.23. The summed E-state index contributed by atoms with van der Waals surface area (Å²) < 4.78 is 37.9. The molecule has 0 aromatic heterocycles. The second-order valence-electron chi connectivity index (χ2n) is 5.02. The minimum Gasteiger partial charge on any atom is -0.481 e. The fourth-order valence-electron chi connectivity index (χ4n) is 2.69. The van der Waals surface area contributed by atoms with E-state index in [9.17, 15) is 18.0 Å². The molecule has 104 valence electrons. The minimum absolute atomic E-state index is 0.0860. The number of alkyl halides is 3. The second-order valence-corrected chi connectivity index (χ2v) is 5.02. The summed E-state index contributed by atoms with van der Waals surface area (Å²) in [6.45, 7) is 0. The van der Waals surface area contributed by atoms with Crippen LogP contribution in [0, 0.1) is 5.92 Å². The largest absolute Gasteiger partial charge is 0.481 e. The van der Waals surface area contributed by atoms with Crippen molar-refractivity contribution in [3.8, 4) is 0 Å². The van der Waals surface area contributed by atoms with E-state index in [-0.39, 0.29) is 5.92 Å². The van der Waals surface area contributed by atoms with Crippen LogP contribution in [-0.2, 0) is 11.0 Å². The summed E-state index contributed by atoms with van der Waals surface area (Å²) in [6.07, 6.45) is -1.80. The number of hydrogen-bond donors (Lipinski definition) is 1. The van der Waals surface area contributed by atoms with Gasteiger partial charge >= 0.3 is 12.1 Å². The molecule has 2 unspecified atom stereocenters. The maximum atomic E-state index is 12.6. The van der Waals surface area contributed by atoms with Crippen LogP contribution in [0.15, 0.2) is 24.3 Å². The van der Waals surface area contributed by atoms with Gasteiger partial charge in [-0.1, -0.05) is 24.6 Å². The lowest BCUT2D eigenvalue weighted by Crippen LogP contribution is -2.21. The monoisotopic (exact) mass is 272 g/mol. The third kappa shape index (κ3) is 3.28. The van der Waals surface area contributed by atoms with Gasteiger partial charge in [-0.15, -0.1) is 0 Å². The Morgan fingerprint density at radius 1 is 1.26 bits per heavy atom. The summed E-state index contributed by atoms with van der Waals surface area (Å²) in [5.74, 6) is -1.37. The number of carbonyl (C=O) groups is 1. The summed E-state index contributed by atoms with van der Waals surface area (Å²) in [6, 6.07) is 5.24. The average molecular weight is 272 g/mol. The molecule has 1 aromatic rings. The average Bonchev–Trinajstić information content (AvgIpc) is 2.38. The highest BCUT2D eigenvalue weighted by Gasteiger charge is 2.32. The van der Waals surface area contributed by atoms with E-state index in [0.29, 0.717) is 18.4 Å². The van der Waals surface area contributed by atoms with Gasteiger partial charge in [0.2, 0.25) is 0 Å². The van der Waals surface area contributed by atoms with Crippen molar-refractivity contribution in [2.24, 2.45) is 5.92 Å². The van der Waals surface area contributed by atoms with Crippen molar-refractivity contribution in [3.05, 3.63) is 35.4 Å². The van der Waals surface area contributed by atoms with Crippen molar-refractivity contribution < 1.29 is 23.1 Å². The molecule has 1 aliphatic rings. The fourth-order valence-corrected chi connectivity index (χ4v) is 2.69. The lowest BCUT2D eigenvalue weighted by molar-refractivity contribution is -0.143. The summed E-state index contributed by atoms with van der Waals surface area (Å²) in [5, 5.41) is 9.01. The van der Waals surface area contributed by atoms with Gasteiger partial charge in [-0.25, -0.2) is 0 Å². The number of carboxylic acids is 1. The molecule has 0 saturated heterocycles. The molecule has 0 radical (unpaired) electrons. The number of aliphatic carboxylic acids is 1. The van der Waals surface area contributed by atoms with Gasteiger partial charge in [-0.2, -0.15) is 13.2 Å². The Balaban J connectivity index is 2.20. The van der Waals surface area contributed by atoms with Gasteiger partial charge in [0.25, 0.3) is 0 Å². The Kier molecular flexibility index (Phi) is 3.83. The predicted octanol–water partition coefficient (Wildman–Crippen LogP) is 4.06. The van der Waals surface area contributed by atoms with Crippen LogP contribution in [0.5, 0.6) is 0 Å². The molecule has 2 rings (SSSR count). The van der Waals surface area contributed by atoms with E-state index in [0.717, 1.165) is 25.0 Å². The zero-order valence-electron chi connectivity index (χ0n) is 10.3. The summed E-state index contributed by atoms with van der Waals surface area (Å²) in [5.41, 5.74) is -0.0665. The Morgan fingerprint density at radius 3 is 2.63 bits per heavy atom. The molecule has 1 saturated carbocycles. The normalized spacial score (nSPS) is 24.2. The van der Waals surface area contributed by atoms with Gasteiger partial charge in [-0.3, -0.25) is 4.79 Å². The van der Waals surface area contributed by atoms with Gasteiger partial charge in [0.15, 0.2) is 0 Å². The van der Waals surface area contributed by atoms with E-state index in [2.05, 4.69) is 0 Å². The Labute approximate surface area is 109 Å². The van der Waals surface area contributed by atoms with E-state index in [1.165, 1.54) is 6.07 Å². The molecule has 0 amide bonds. The molecule has 1 N–H and O–H groups in total. The minimum atomic E-state index is -4.35. The molecule has 0 bridgehead atoms. The Bertz CT molecular complexity index is 468. The summed E-state index contributed by atoms with van der Waals surface area (Å²) >= 11 is 0. The first-order valence-corrected chi connectivity index (χ1v) is 6.28. The van der Waals surface area contributed by atoms with Crippen LogP contribution in [0.3, 0.4) is 0 Å². The van der Waals surface area contributed by atoms with Crippen molar-refractivity contribution in [1.82, 2.24) is 0 Å². The number of carboxylic acid groups (broad SMARTS) is 1. The molecule has 1 aromatic carbocycles. The number of hydrogen-bond acceptors (Lipinski definition) is 1. The van der Waals surface area contributed by atoms with Gasteiger partial charge in [0.1, 0.15) is 0 Å². The Hall–Kier alpha value is -1.52. The quantitative estimate of drug-likeness (QED) is 0.881. The lowest BCUT2D eigenvalue weighted by atomic mass is 9.78. The topological polar surface area (TPSA) is 37.3 Å².